The first kappa shape index (κ1) is 15.6. The van der Waals surface area contributed by atoms with Gasteiger partial charge in [0.2, 0.25) is 0 Å². The van der Waals surface area contributed by atoms with E-state index in [1.165, 1.54) is 11.1 Å². The molecule has 21 heavy (non-hydrogen) atoms. The van der Waals surface area contributed by atoms with E-state index in [2.05, 4.69) is 56.4 Å². The molecule has 0 fully saturated rings. The average Bonchev–Trinajstić information content (AvgIpc) is 2.51. The van der Waals surface area contributed by atoms with E-state index in [0.717, 1.165) is 30.9 Å². The van der Waals surface area contributed by atoms with Crippen LogP contribution in [0.4, 0.5) is 0 Å². The number of hydrogen-bond acceptors (Lipinski definition) is 2. The van der Waals surface area contributed by atoms with Crippen LogP contribution in [-0.4, -0.2) is 6.54 Å². The molecule has 2 nitrogen and oxygen atoms in total. The molecule has 0 aliphatic rings. The summed E-state index contributed by atoms with van der Waals surface area (Å²) >= 11 is 0. The third-order valence-corrected chi connectivity index (χ3v) is 3.57. The summed E-state index contributed by atoms with van der Waals surface area (Å²) < 4.78 is 5.95. The molecular formula is C19H25NO. The number of hydrogen-bond donors (Lipinski definition) is 1. The van der Waals surface area contributed by atoms with Gasteiger partial charge in [-0.15, -0.1) is 0 Å². The molecule has 2 aromatic rings. The van der Waals surface area contributed by atoms with Crippen molar-refractivity contribution in [3.05, 3.63) is 59.7 Å². The Morgan fingerprint density at radius 1 is 1.00 bits per heavy atom. The Labute approximate surface area is 128 Å². The molecule has 1 N–H and O–H groups in total. The molecule has 0 saturated carbocycles. The fourth-order valence-electron chi connectivity index (χ4n) is 2.35. The molecule has 0 aliphatic carbocycles. The highest BCUT2D eigenvalue weighted by molar-refractivity contribution is 5.36. The molecule has 0 heterocycles. The minimum atomic E-state index is 0.395. The fourth-order valence-corrected chi connectivity index (χ4v) is 2.35. The minimum Gasteiger partial charge on any atom is -0.457 e. The molecule has 0 bridgehead atoms. The zero-order valence-corrected chi connectivity index (χ0v) is 13.2. The van der Waals surface area contributed by atoms with Crippen LogP contribution in [0, 0.1) is 6.92 Å². The van der Waals surface area contributed by atoms with Gasteiger partial charge in [0.25, 0.3) is 0 Å². The first-order chi connectivity index (χ1) is 10.2. The zero-order valence-electron chi connectivity index (χ0n) is 13.2. The summed E-state index contributed by atoms with van der Waals surface area (Å²) in [5.74, 6) is 1.78. The predicted octanol–water partition coefficient (Wildman–Crippen LogP) is 5.24. The Morgan fingerprint density at radius 3 is 2.43 bits per heavy atom. The lowest BCUT2D eigenvalue weighted by Crippen LogP contribution is -2.21. The number of aryl methyl sites for hydroxylation is 1. The van der Waals surface area contributed by atoms with Gasteiger partial charge >= 0.3 is 0 Å². The fraction of sp³-hybridized carbons (Fsp3) is 0.368. The first-order valence-electron chi connectivity index (χ1n) is 7.80. The predicted molar refractivity (Wildman–Crippen MR) is 89.0 cm³/mol. The molecule has 0 radical (unpaired) electrons. The number of benzene rings is 2. The van der Waals surface area contributed by atoms with Crippen molar-refractivity contribution >= 4 is 0 Å². The number of nitrogens with one attached hydrogen (secondary N) is 1. The molecule has 1 atom stereocenters. The molecular weight excluding hydrogens is 258 g/mol. The molecule has 0 saturated heterocycles. The van der Waals surface area contributed by atoms with Crippen LogP contribution in [0.3, 0.4) is 0 Å². The second-order valence-corrected chi connectivity index (χ2v) is 5.40. The molecule has 0 aromatic heterocycles. The highest BCUT2D eigenvalue weighted by atomic mass is 16.5. The Morgan fingerprint density at radius 2 is 1.76 bits per heavy atom. The van der Waals surface area contributed by atoms with Crippen LogP contribution in [0.1, 0.15) is 43.9 Å². The van der Waals surface area contributed by atoms with E-state index in [0.29, 0.717) is 6.04 Å². The van der Waals surface area contributed by atoms with Gasteiger partial charge < -0.3 is 10.1 Å². The molecule has 2 rings (SSSR count). The highest BCUT2D eigenvalue weighted by Crippen LogP contribution is 2.26. The van der Waals surface area contributed by atoms with Crippen LogP contribution in [0.2, 0.25) is 0 Å². The van der Waals surface area contributed by atoms with Crippen LogP contribution in [-0.2, 0) is 0 Å². The first-order valence-corrected chi connectivity index (χ1v) is 7.80. The maximum atomic E-state index is 5.95. The Kier molecular flexibility index (Phi) is 5.82. The van der Waals surface area contributed by atoms with Crippen molar-refractivity contribution in [2.24, 2.45) is 0 Å². The monoisotopic (exact) mass is 283 g/mol. The van der Waals surface area contributed by atoms with Crippen LogP contribution in [0.5, 0.6) is 11.5 Å². The van der Waals surface area contributed by atoms with Crippen molar-refractivity contribution in [3.8, 4) is 11.5 Å². The van der Waals surface area contributed by atoms with Crippen molar-refractivity contribution in [1.82, 2.24) is 5.32 Å². The van der Waals surface area contributed by atoms with Gasteiger partial charge in [-0.3, -0.25) is 0 Å². The number of ether oxygens (including phenoxy) is 1. The summed E-state index contributed by atoms with van der Waals surface area (Å²) in [5, 5.41) is 3.58. The van der Waals surface area contributed by atoms with E-state index in [4.69, 9.17) is 4.74 Å². The van der Waals surface area contributed by atoms with Gasteiger partial charge in [0, 0.05) is 6.04 Å². The quantitative estimate of drug-likeness (QED) is 0.750. The smallest absolute Gasteiger partial charge is 0.127 e. The van der Waals surface area contributed by atoms with Crippen molar-refractivity contribution in [2.45, 2.75) is 39.7 Å². The van der Waals surface area contributed by atoms with E-state index in [1.54, 1.807) is 0 Å². The molecule has 112 valence electrons. The maximum absolute atomic E-state index is 5.95. The number of rotatable bonds is 7. The summed E-state index contributed by atoms with van der Waals surface area (Å²) in [5.41, 5.74) is 2.53. The van der Waals surface area contributed by atoms with Gasteiger partial charge in [-0.05, 0) is 56.1 Å². The van der Waals surface area contributed by atoms with E-state index < -0.39 is 0 Å². The summed E-state index contributed by atoms with van der Waals surface area (Å²) in [6.07, 6.45) is 2.23. The van der Waals surface area contributed by atoms with E-state index in [9.17, 15) is 0 Å². The average molecular weight is 283 g/mol. The Bertz CT molecular complexity index is 548. The van der Waals surface area contributed by atoms with Crippen LogP contribution < -0.4 is 10.1 Å². The SMILES string of the molecule is CCCNC(CC)c1cccc(Oc2ccc(C)cc2)c1. The standard InChI is InChI=1S/C19H25NO/c1-4-13-20-19(5-2)16-7-6-8-18(14-16)21-17-11-9-15(3)10-12-17/h6-12,14,19-20H,4-5,13H2,1-3H3. The highest BCUT2D eigenvalue weighted by Gasteiger charge is 2.09. The van der Waals surface area contributed by atoms with Gasteiger partial charge in [0.1, 0.15) is 11.5 Å². The lowest BCUT2D eigenvalue weighted by molar-refractivity contribution is 0.476. The second-order valence-electron chi connectivity index (χ2n) is 5.40. The molecule has 0 amide bonds. The van der Waals surface area contributed by atoms with Crippen molar-refractivity contribution in [3.63, 3.8) is 0 Å². The topological polar surface area (TPSA) is 21.3 Å². The molecule has 2 aromatic carbocycles. The van der Waals surface area contributed by atoms with Crippen LogP contribution in [0.15, 0.2) is 48.5 Å². The molecule has 0 aliphatic heterocycles. The maximum Gasteiger partial charge on any atom is 0.127 e. The van der Waals surface area contributed by atoms with Gasteiger partial charge in [-0.2, -0.15) is 0 Å². The van der Waals surface area contributed by atoms with Crippen molar-refractivity contribution < 1.29 is 4.74 Å². The largest absolute Gasteiger partial charge is 0.457 e. The van der Waals surface area contributed by atoms with E-state index >= 15 is 0 Å². The molecule has 0 spiro atoms. The van der Waals surface area contributed by atoms with Gasteiger partial charge in [0.15, 0.2) is 0 Å². The molecule has 1 unspecified atom stereocenters. The van der Waals surface area contributed by atoms with Crippen LogP contribution >= 0.6 is 0 Å². The Balaban J connectivity index is 2.11. The third kappa shape index (κ3) is 4.61. The normalized spacial score (nSPS) is 12.1. The van der Waals surface area contributed by atoms with Gasteiger partial charge in [-0.1, -0.05) is 43.7 Å². The molecule has 2 heteroatoms. The summed E-state index contributed by atoms with van der Waals surface area (Å²) in [6.45, 7) is 7.52. The van der Waals surface area contributed by atoms with Gasteiger partial charge in [-0.25, -0.2) is 0 Å². The lowest BCUT2D eigenvalue weighted by atomic mass is 10.0. The Hall–Kier alpha value is -1.80. The van der Waals surface area contributed by atoms with Crippen molar-refractivity contribution in [1.29, 1.82) is 0 Å². The minimum absolute atomic E-state index is 0.395. The van der Waals surface area contributed by atoms with Crippen molar-refractivity contribution in [2.75, 3.05) is 6.54 Å². The summed E-state index contributed by atoms with van der Waals surface area (Å²) in [6, 6.07) is 16.9. The summed E-state index contributed by atoms with van der Waals surface area (Å²) in [7, 11) is 0. The van der Waals surface area contributed by atoms with Gasteiger partial charge in [0.05, 0.1) is 0 Å². The zero-order chi connectivity index (χ0) is 15.1. The summed E-state index contributed by atoms with van der Waals surface area (Å²) in [4.78, 5) is 0. The lowest BCUT2D eigenvalue weighted by Gasteiger charge is -2.18. The van der Waals surface area contributed by atoms with E-state index in [-0.39, 0.29) is 0 Å². The second kappa shape index (κ2) is 7.84. The third-order valence-electron chi connectivity index (χ3n) is 3.57. The van der Waals surface area contributed by atoms with E-state index in [1.807, 2.05) is 18.2 Å². The van der Waals surface area contributed by atoms with Crippen LogP contribution in [0.25, 0.3) is 0 Å².